The molecule has 156 valence electrons. The van der Waals surface area contributed by atoms with Crippen molar-refractivity contribution in [3.8, 4) is 16.9 Å². The van der Waals surface area contributed by atoms with Crippen LogP contribution in [0.3, 0.4) is 0 Å². The number of aromatic nitrogens is 2. The molecule has 0 saturated heterocycles. The molecule has 3 N–H and O–H groups in total. The summed E-state index contributed by atoms with van der Waals surface area (Å²) in [5.41, 5.74) is 5.90. The van der Waals surface area contributed by atoms with Gasteiger partial charge in [0.05, 0.1) is 22.9 Å². The smallest absolute Gasteiger partial charge is 0.241 e. The Kier molecular flexibility index (Phi) is 6.66. The first kappa shape index (κ1) is 20.7. The maximum atomic E-state index is 13.2. The molecule has 2 aromatic carbocycles. The Labute approximate surface area is 184 Å². The number of anilines is 1. The number of nitrogens with one attached hydrogen (secondary N) is 2. The third kappa shape index (κ3) is 5.53. The van der Waals surface area contributed by atoms with Gasteiger partial charge in [0, 0.05) is 24.3 Å². The fraction of sp³-hybridized carbons (Fsp3) is 0.125. The normalized spacial score (nSPS) is 11.7. The van der Waals surface area contributed by atoms with E-state index in [0.717, 1.165) is 22.4 Å². The summed E-state index contributed by atoms with van der Waals surface area (Å²) in [5, 5.41) is 18.5. The van der Waals surface area contributed by atoms with Gasteiger partial charge in [-0.05, 0) is 47.4 Å². The van der Waals surface area contributed by atoms with Crippen LogP contribution >= 0.6 is 11.3 Å². The monoisotopic (exact) mass is 430 g/mol. The molecule has 1 amide bonds. The molecule has 4 aromatic rings. The fourth-order valence-corrected chi connectivity index (χ4v) is 3.80. The van der Waals surface area contributed by atoms with E-state index in [1.807, 2.05) is 53.9 Å². The van der Waals surface area contributed by atoms with Crippen LogP contribution in [0.2, 0.25) is 0 Å². The molecule has 6 nitrogen and oxygen atoms in total. The first-order valence-corrected chi connectivity index (χ1v) is 10.8. The molecule has 1 atom stereocenters. The second-order valence-electron chi connectivity index (χ2n) is 7.06. The largest absolute Gasteiger partial charge is 0.506 e. The lowest BCUT2D eigenvalue weighted by Gasteiger charge is -2.19. The maximum absolute atomic E-state index is 13.2. The van der Waals surface area contributed by atoms with Crippen LogP contribution in [-0.2, 0) is 17.8 Å². The second kappa shape index (κ2) is 9.97. The van der Waals surface area contributed by atoms with Crippen molar-refractivity contribution in [2.24, 2.45) is 0 Å². The van der Waals surface area contributed by atoms with Crippen molar-refractivity contribution < 1.29 is 9.90 Å². The van der Waals surface area contributed by atoms with Crippen LogP contribution in [0.5, 0.6) is 5.75 Å². The predicted octanol–water partition coefficient (Wildman–Crippen LogP) is 4.25. The molecule has 0 saturated carbocycles. The number of thiazole rings is 1. The summed E-state index contributed by atoms with van der Waals surface area (Å²) >= 11 is 1.52. The number of aromatic hydroxyl groups is 1. The maximum Gasteiger partial charge on any atom is 0.241 e. The van der Waals surface area contributed by atoms with Gasteiger partial charge in [-0.25, -0.2) is 4.98 Å². The number of nitrogens with zero attached hydrogens (tertiary/aromatic N) is 2. The summed E-state index contributed by atoms with van der Waals surface area (Å²) in [6, 6.07) is 18.3. The number of phenols is 1. The Morgan fingerprint density at radius 2 is 1.84 bits per heavy atom. The Balaban J connectivity index is 1.53. The summed E-state index contributed by atoms with van der Waals surface area (Å²) in [4.78, 5) is 21.5. The second-order valence-corrected chi connectivity index (χ2v) is 7.78. The molecule has 4 rings (SSSR count). The molecular weight excluding hydrogens is 408 g/mol. The van der Waals surface area contributed by atoms with E-state index in [9.17, 15) is 9.90 Å². The zero-order valence-electron chi connectivity index (χ0n) is 16.7. The highest BCUT2D eigenvalue weighted by Gasteiger charge is 2.20. The van der Waals surface area contributed by atoms with Crippen molar-refractivity contribution >= 4 is 22.9 Å². The zero-order chi connectivity index (χ0) is 21.5. The van der Waals surface area contributed by atoms with Crippen LogP contribution in [0.4, 0.5) is 5.69 Å². The van der Waals surface area contributed by atoms with E-state index in [4.69, 9.17) is 0 Å². The Hall–Kier alpha value is -3.55. The standard InChI is InChI=1S/C24H22N4O2S/c29-23-7-6-19(18-8-10-25-11-9-18)13-21(23)28-24(30)22(12-17-4-2-1-3-5-17)26-14-20-15-31-16-27-20/h1-11,13,15-16,22,26,29H,12,14H2,(H,28,30). The van der Waals surface area contributed by atoms with Gasteiger partial charge < -0.3 is 10.4 Å². The van der Waals surface area contributed by atoms with E-state index in [0.29, 0.717) is 18.7 Å². The lowest BCUT2D eigenvalue weighted by Crippen LogP contribution is -2.42. The molecular formula is C24H22N4O2S. The SMILES string of the molecule is O=C(Nc1cc(-c2ccncc2)ccc1O)C(Cc1ccccc1)NCc1cscn1. The van der Waals surface area contributed by atoms with Gasteiger partial charge in [0.2, 0.25) is 5.91 Å². The van der Waals surface area contributed by atoms with Gasteiger partial charge in [-0.1, -0.05) is 36.4 Å². The predicted molar refractivity (Wildman–Crippen MR) is 123 cm³/mol. The van der Waals surface area contributed by atoms with Crippen molar-refractivity contribution in [2.45, 2.75) is 19.0 Å². The number of carbonyl (C=O) groups excluding carboxylic acids is 1. The van der Waals surface area contributed by atoms with Crippen molar-refractivity contribution in [3.05, 3.63) is 95.2 Å². The average molecular weight is 431 g/mol. The molecule has 31 heavy (non-hydrogen) atoms. The van der Waals surface area contributed by atoms with E-state index in [1.54, 1.807) is 30.0 Å². The van der Waals surface area contributed by atoms with E-state index >= 15 is 0 Å². The molecule has 2 aromatic heterocycles. The van der Waals surface area contributed by atoms with Gasteiger partial charge in [-0.3, -0.25) is 15.1 Å². The van der Waals surface area contributed by atoms with Gasteiger partial charge in [0.1, 0.15) is 5.75 Å². The molecule has 0 fully saturated rings. The molecule has 7 heteroatoms. The zero-order valence-corrected chi connectivity index (χ0v) is 17.5. The number of rotatable bonds is 8. The molecule has 1 unspecified atom stereocenters. The van der Waals surface area contributed by atoms with Gasteiger partial charge in [-0.15, -0.1) is 11.3 Å². The summed E-state index contributed by atoms with van der Waals surface area (Å²) in [6.07, 6.45) is 3.93. The summed E-state index contributed by atoms with van der Waals surface area (Å²) in [7, 11) is 0. The van der Waals surface area contributed by atoms with E-state index in [-0.39, 0.29) is 11.7 Å². The first-order valence-electron chi connectivity index (χ1n) is 9.88. The van der Waals surface area contributed by atoms with Crippen LogP contribution in [0.15, 0.2) is 83.9 Å². The number of pyridine rings is 1. The number of hydrogen-bond donors (Lipinski definition) is 3. The number of benzene rings is 2. The average Bonchev–Trinajstić information content (AvgIpc) is 3.33. The number of carbonyl (C=O) groups is 1. The molecule has 0 radical (unpaired) electrons. The topological polar surface area (TPSA) is 87.1 Å². The molecule has 0 aliphatic heterocycles. The van der Waals surface area contributed by atoms with Crippen LogP contribution in [0.1, 0.15) is 11.3 Å². The van der Waals surface area contributed by atoms with Crippen LogP contribution in [0, 0.1) is 0 Å². The van der Waals surface area contributed by atoms with Crippen molar-refractivity contribution in [2.75, 3.05) is 5.32 Å². The summed E-state index contributed by atoms with van der Waals surface area (Å²) in [6.45, 7) is 0.484. The minimum absolute atomic E-state index is 0.0177. The van der Waals surface area contributed by atoms with Gasteiger partial charge >= 0.3 is 0 Å². The Bertz CT molecular complexity index is 1120. The highest BCUT2D eigenvalue weighted by Crippen LogP contribution is 2.29. The number of hydrogen-bond acceptors (Lipinski definition) is 6. The van der Waals surface area contributed by atoms with E-state index < -0.39 is 6.04 Å². The Morgan fingerprint density at radius 1 is 1.03 bits per heavy atom. The molecule has 0 aliphatic carbocycles. The lowest BCUT2D eigenvalue weighted by atomic mass is 10.0. The molecule has 0 aliphatic rings. The molecule has 0 bridgehead atoms. The summed E-state index contributed by atoms with van der Waals surface area (Å²) < 4.78 is 0. The van der Waals surface area contributed by atoms with Gasteiger partial charge in [0.25, 0.3) is 0 Å². The van der Waals surface area contributed by atoms with Crippen molar-refractivity contribution in [1.82, 2.24) is 15.3 Å². The third-order valence-electron chi connectivity index (χ3n) is 4.88. The first-order chi connectivity index (χ1) is 15.2. The fourth-order valence-electron chi connectivity index (χ4n) is 3.24. The van der Waals surface area contributed by atoms with E-state index in [2.05, 4.69) is 20.6 Å². The van der Waals surface area contributed by atoms with Crippen molar-refractivity contribution in [3.63, 3.8) is 0 Å². The van der Waals surface area contributed by atoms with E-state index in [1.165, 1.54) is 11.3 Å². The lowest BCUT2D eigenvalue weighted by molar-refractivity contribution is -0.118. The van der Waals surface area contributed by atoms with Gasteiger partial charge in [0.15, 0.2) is 0 Å². The number of phenolic OH excluding ortho intramolecular Hbond substituents is 1. The molecule has 2 heterocycles. The summed E-state index contributed by atoms with van der Waals surface area (Å²) in [5.74, 6) is -0.203. The van der Waals surface area contributed by atoms with Crippen molar-refractivity contribution in [1.29, 1.82) is 0 Å². The van der Waals surface area contributed by atoms with Gasteiger partial charge in [-0.2, -0.15) is 0 Å². The van der Waals surface area contributed by atoms with Crippen LogP contribution in [0.25, 0.3) is 11.1 Å². The Morgan fingerprint density at radius 3 is 2.58 bits per heavy atom. The quantitative estimate of drug-likeness (QED) is 0.364. The third-order valence-corrected chi connectivity index (χ3v) is 5.52. The molecule has 0 spiro atoms. The highest BCUT2D eigenvalue weighted by atomic mass is 32.1. The van der Waals surface area contributed by atoms with Crippen LogP contribution in [-0.4, -0.2) is 27.0 Å². The van der Waals surface area contributed by atoms with Crippen LogP contribution < -0.4 is 10.6 Å². The minimum atomic E-state index is -0.493. The highest BCUT2D eigenvalue weighted by molar-refractivity contribution is 7.07. The minimum Gasteiger partial charge on any atom is -0.506 e. The number of amides is 1.